The minimum atomic E-state index is -4.48. The van der Waals surface area contributed by atoms with Gasteiger partial charge in [0.25, 0.3) is 0 Å². The third-order valence-corrected chi connectivity index (χ3v) is 9.06. The Bertz CT molecular complexity index is 709. The second-order valence-corrected chi connectivity index (χ2v) is 11.6. The Kier molecular flexibility index (Phi) is 11.9. The molecule has 1 aromatic carbocycles. The second-order valence-electron chi connectivity index (χ2n) is 11.6. The average molecular weight is 497 g/mol. The molecule has 0 atom stereocenters. The first-order valence-corrected chi connectivity index (χ1v) is 14.7. The number of benzene rings is 1. The predicted molar refractivity (Wildman–Crippen MR) is 138 cm³/mol. The number of unbranched alkanes of at least 4 members (excludes halogenated alkanes) is 9. The fourth-order valence-electron chi connectivity index (χ4n) is 6.80. The first kappa shape index (κ1) is 28.5. The molecule has 3 rings (SSSR count). The Morgan fingerprint density at radius 2 is 1.20 bits per heavy atom. The van der Waals surface area contributed by atoms with Crippen LogP contribution in [0.4, 0.5) is 17.6 Å². The SMILES string of the molecule is CCCCCCCCCCCCC1CCC(C2CCC(c3ccc(C(F)(F)F)cc3F)CC2)CC1. The topological polar surface area (TPSA) is 0 Å². The maximum absolute atomic E-state index is 14.4. The van der Waals surface area contributed by atoms with Crippen LogP contribution in [0.2, 0.25) is 0 Å². The molecule has 1 aromatic rings. The first-order valence-electron chi connectivity index (χ1n) is 14.7. The largest absolute Gasteiger partial charge is 0.416 e. The van der Waals surface area contributed by atoms with Crippen LogP contribution in [-0.2, 0) is 6.18 Å². The lowest BCUT2D eigenvalue weighted by atomic mass is 9.68. The smallest absolute Gasteiger partial charge is 0.207 e. The van der Waals surface area contributed by atoms with Gasteiger partial charge in [-0.25, -0.2) is 4.39 Å². The molecule has 200 valence electrons. The number of hydrogen-bond acceptors (Lipinski definition) is 0. The molecular weight excluding hydrogens is 448 g/mol. The molecule has 2 aliphatic rings. The number of halogens is 4. The molecule has 35 heavy (non-hydrogen) atoms. The van der Waals surface area contributed by atoms with Crippen LogP contribution in [0, 0.1) is 23.6 Å². The van der Waals surface area contributed by atoms with E-state index in [0.717, 1.165) is 49.5 Å². The number of alkyl halides is 3. The van der Waals surface area contributed by atoms with Crippen molar-refractivity contribution in [2.45, 2.75) is 141 Å². The summed E-state index contributed by atoms with van der Waals surface area (Å²) in [5.74, 6) is 1.83. The Hall–Kier alpha value is -1.06. The van der Waals surface area contributed by atoms with E-state index in [9.17, 15) is 17.6 Å². The van der Waals surface area contributed by atoms with Gasteiger partial charge in [0.15, 0.2) is 0 Å². The van der Waals surface area contributed by atoms with E-state index in [2.05, 4.69) is 6.92 Å². The monoisotopic (exact) mass is 496 g/mol. The van der Waals surface area contributed by atoms with E-state index in [4.69, 9.17) is 0 Å². The lowest BCUT2D eigenvalue weighted by Gasteiger charge is -2.38. The Balaban J connectivity index is 1.27. The molecule has 0 unspecified atom stereocenters. The van der Waals surface area contributed by atoms with Crippen LogP contribution in [0.15, 0.2) is 18.2 Å². The molecule has 0 aromatic heterocycles. The van der Waals surface area contributed by atoms with Gasteiger partial charge in [-0.2, -0.15) is 13.2 Å². The summed E-state index contributed by atoms with van der Waals surface area (Å²) in [7, 11) is 0. The molecule has 0 spiro atoms. The van der Waals surface area contributed by atoms with Gasteiger partial charge in [0.2, 0.25) is 0 Å². The molecule has 0 saturated heterocycles. The van der Waals surface area contributed by atoms with Crippen molar-refractivity contribution in [3.63, 3.8) is 0 Å². The van der Waals surface area contributed by atoms with E-state index >= 15 is 0 Å². The molecule has 4 heteroatoms. The third-order valence-electron chi connectivity index (χ3n) is 9.06. The molecule has 0 amide bonds. The van der Waals surface area contributed by atoms with Gasteiger partial charge >= 0.3 is 6.18 Å². The Labute approximate surface area is 211 Å². The summed E-state index contributed by atoms with van der Waals surface area (Å²) >= 11 is 0. The lowest BCUT2D eigenvalue weighted by Crippen LogP contribution is -2.25. The minimum Gasteiger partial charge on any atom is -0.207 e. The van der Waals surface area contributed by atoms with Gasteiger partial charge < -0.3 is 0 Å². The van der Waals surface area contributed by atoms with Gasteiger partial charge in [0, 0.05) is 0 Å². The zero-order chi connectivity index (χ0) is 25.1. The Morgan fingerprint density at radius 3 is 1.71 bits per heavy atom. The molecule has 0 N–H and O–H groups in total. The van der Waals surface area contributed by atoms with E-state index in [1.807, 2.05) is 0 Å². The summed E-state index contributed by atoms with van der Waals surface area (Å²) in [6.07, 6.45) is 20.4. The van der Waals surface area contributed by atoms with Gasteiger partial charge in [0.1, 0.15) is 5.82 Å². The Morgan fingerprint density at radius 1 is 0.686 bits per heavy atom. The molecule has 2 aliphatic carbocycles. The van der Waals surface area contributed by atoms with Crippen LogP contribution in [0.5, 0.6) is 0 Å². The van der Waals surface area contributed by atoms with Crippen LogP contribution in [0.25, 0.3) is 0 Å². The summed E-state index contributed by atoms with van der Waals surface area (Å²) < 4.78 is 52.9. The molecule has 0 radical (unpaired) electrons. The van der Waals surface area contributed by atoms with Crippen molar-refractivity contribution in [2.75, 3.05) is 0 Å². The quantitative estimate of drug-likeness (QED) is 0.188. The fourth-order valence-corrected chi connectivity index (χ4v) is 6.80. The summed E-state index contributed by atoms with van der Waals surface area (Å²) in [5.41, 5.74) is -0.404. The maximum Gasteiger partial charge on any atom is 0.416 e. The van der Waals surface area contributed by atoms with E-state index in [0.29, 0.717) is 11.6 Å². The zero-order valence-electron chi connectivity index (χ0n) is 22.0. The summed E-state index contributed by atoms with van der Waals surface area (Å²) in [6, 6.07) is 3.10. The van der Waals surface area contributed by atoms with Crippen molar-refractivity contribution in [1.82, 2.24) is 0 Å². The maximum atomic E-state index is 14.4. The summed E-state index contributed by atoms with van der Waals surface area (Å²) in [4.78, 5) is 0. The molecule has 0 nitrogen and oxygen atoms in total. The summed E-state index contributed by atoms with van der Waals surface area (Å²) in [5, 5.41) is 0. The van der Waals surface area contributed by atoms with Gasteiger partial charge in [-0.15, -0.1) is 0 Å². The van der Waals surface area contributed by atoms with Crippen LogP contribution in [0.1, 0.15) is 146 Å². The first-order chi connectivity index (χ1) is 16.9. The van der Waals surface area contributed by atoms with Crippen LogP contribution in [0.3, 0.4) is 0 Å². The highest BCUT2D eigenvalue weighted by molar-refractivity contribution is 5.29. The van der Waals surface area contributed by atoms with Crippen LogP contribution in [-0.4, -0.2) is 0 Å². The summed E-state index contributed by atoms with van der Waals surface area (Å²) in [6.45, 7) is 2.27. The lowest BCUT2D eigenvalue weighted by molar-refractivity contribution is -0.137. The number of hydrogen-bond donors (Lipinski definition) is 0. The van der Waals surface area contributed by atoms with Gasteiger partial charge in [0.05, 0.1) is 5.56 Å². The average Bonchev–Trinajstić information content (AvgIpc) is 2.85. The minimum absolute atomic E-state index is 0.0706. The van der Waals surface area contributed by atoms with Crippen molar-refractivity contribution in [2.24, 2.45) is 17.8 Å². The molecule has 2 fully saturated rings. The highest BCUT2D eigenvalue weighted by Crippen LogP contribution is 2.45. The molecule has 0 aliphatic heterocycles. The second kappa shape index (κ2) is 14.6. The van der Waals surface area contributed by atoms with E-state index in [1.54, 1.807) is 0 Å². The molecule has 0 heterocycles. The third kappa shape index (κ3) is 9.39. The van der Waals surface area contributed by atoms with Crippen molar-refractivity contribution >= 4 is 0 Å². The molecular formula is C31H48F4. The normalized spacial score (nSPS) is 25.6. The van der Waals surface area contributed by atoms with Crippen molar-refractivity contribution < 1.29 is 17.6 Å². The van der Waals surface area contributed by atoms with Gasteiger partial charge in [-0.3, -0.25) is 0 Å². The highest BCUT2D eigenvalue weighted by atomic mass is 19.4. The van der Waals surface area contributed by atoms with E-state index in [-0.39, 0.29) is 5.92 Å². The molecule has 0 bridgehead atoms. The van der Waals surface area contributed by atoms with Crippen molar-refractivity contribution in [3.8, 4) is 0 Å². The molecule has 2 saturated carbocycles. The van der Waals surface area contributed by atoms with Gasteiger partial charge in [-0.05, 0) is 79.9 Å². The van der Waals surface area contributed by atoms with E-state index < -0.39 is 17.6 Å². The highest BCUT2D eigenvalue weighted by Gasteiger charge is 2.34. The van der Waals surface area contributed by atoms with Gasteiger partial charge in [-0.1, -0.05) is 96.5 Å². The van der Waals surface area contributed by atoms with Crippen LogP contribution < -0.4 is 0 Å². The number of rotatable bonds is 13. The standard InChI is InChI=1S/C31H48F4/c1-2-3-4-5-6-7-8-9-10-11-12-24-13-15-25(16-14-24)26-17-19-27(20-18-26)29-22-21-28(23-30(29)32)31(33,34)35/h21-27H,2-20H2,1H3. The van der Waals surface area contributed by atoms with Crippen LogP contribution >= 0.6 is 0 Å². The zero-order valence-corrected chi connectivity index (χ0v) is 22.0. The van der Waals surface area contributed by atoms with Crippen molar-refractivity contribution in [1.29, 1.82) is 0 Å². The fraction of sp³-hybridized carbons (Fsp3) is 0.806. The van der Waals surface area contributed by atoms with Crippen molar-refractivity contribution in [3.05, 3.63) is 35.1 Å². The van der Waals surface area contributed by atoms with E-state index in [1.165, 1.54) is 102 Å². The predicted octanol–water partition coefficient (Wildman–Crippen LogP) is 11.2.